The molecule has 100 valence electrons. The van der Waals surface area contributed by atoms with Crippen LogP contribution in [0.5, 0.6) is 0 Å². The van der Waals surface area contributed by atoms with Crippen molar-refractivity contribution < 1.29 is 22.7 Å². The maximum absolute atomic E-state index is 12.3. The zero-order chi connectivity index (χ0) is 12.9. The van der Waals surface area contributed by atoms with Gasteiger partial charge in [-0.1, -0.05) is 0 Å². The molecule has 1 rings (SSSR count). The van der Waals surface area contributed by atoms with Gasteiger partial charge in [-0.2, -0.15) is 25.8 Å². The lowest BCUT2D eigenvalue weighted by Gasteiger charge is -2.16. The van der Waals surface area contributed by atoms with Gasteiger partial charge in [0.1, 0.15) is 0 Å². The third-order valence-electron chi connectivity index (χ3n) is 2.60. The Morgan fingerprint density at radius 1 is 1.41 bits per heavy atom. The molecule has 0 saturated carbocycles. The van der Waals surface area contributed by atoms with Crippen molar-refractivity contribution in [1.82, 2.24) is 5.32 Å². The molecule has 2 atom stereocenters. The third kappa shape index (κ3) is 5.16. The topological polar surface area (TPSA) is 38.3 Å². The van der Waals surface area contributed by atoms with Crippen LogP contribution in [0.3, 0.4) is 0 Å². The van der Waals surface area contributed by atoms with Crippen LogP contribution < -0.4 is 5.32 Å². The molecule has 0 aromatic carbocycles. The Labute approximate surface area is 103 Å². The predicted molar refractivity (Wildman–Crippen MR) is 60.0 cm³/mol. The van der Waals surface area contributed by atoms with E-state index in [-0.39, 0.29) is 18.7 Å². The molecule has 1 fully saturated rings. The van der Waals surface area contributed by atoms with Crippen molar-refractivity contribution in [2.45, 2.75) is 44.1 Å². The van der Waals surface area contributed by atoms with Crippen molar-refractivity contribution in [3.8, 4) is 0 Å². The van der Waals surface area contributed by atoms with Gasteiger partial charge < -0.3 is 10.1 Å². The Balaban J connectivity index is 2.20. The summed E-state index contributed by atoms with van der Waals surface area (Å²) < 4.78 is 41.7. The molecule has 17 heavy (non-hydrogen) atoms. The van der Waals surface area contributed by atoms with E-state index < -0.39 is 18.4 Å². The SMILES string of the molecule is O=C(CC[C@@H]1CC[C@H](C(F)(F)F)O1)NCCS. The normalized spacial score (nSPS) is 24.9. The molecule has 1 aliphatic heterocycles. The van der Waals surface area contributed by atoms with E-state index in [1.807, 2.05) is 0 Å². The molecule has 0 radical (unpaired) electrons. The van der Waals surface area contributed by atoms with Crippen molar-refractivity contribution in [2.75, 3.05) is 12.3 Å². The highest BCUT2D eigenvalue weighted by molar-refractivity contribution is 7.80. The predicted octanol–water partition coefficient (Wildman–Crippen LogP) is 1.92. The molecular weight excluding hydrogens is 255 g/mol. The number of alkyl halides is 3. The minimum atomic E-state index is -4.29. The molecule has 0 aromatic heterocycles. The molecule has 3 nitrogen and oxygen atoms in total. The van der Waals surface area contributed by atoms with Crippen molar-refractivity contribution in [3.05, 3.63) is 0 Å². The van der Waals surface area contributed by atoms with Gasteiger partial charge in [-0.05, 0) is 19.3 Å². The zero-order valence-electron chi connectivity index (χ0n) is 9.29. The van der Waals surface area contributed by atoms with Crippen LogP contribution in [0.15, 0.2) is 0 Å². The average Bonchev–Trinajstić information content (AvgIpc) is 2.71. The van der Waals surface area contributed by atoms with Crippen LogP contribution in [0.2, 0.25) is 0 Å². The fourth-order valence-corrected chi connectivity index (χ4v) is 1.85. The number of nitrogens with one attached hydrogen (secondary N) is 1. The van der Waals surface area contributed by atoms with E-state index in [1.165, 1.54) is 0 Å². The van der Waals surface area contributed by atoms with Crippen LogP contribution in [0.4, 0.5) is 13.2 Å². The molecule has 7 heteroatoms. The zero-order valence-corrected chi connectivity index (χ0v) is 10.2. The molecular formula is C10H16F3NO2S. The Bertz CT molecular complexity index is 260. The number of carbonyl (C=O) groups excluding carboxylic acids is 1. The molecule has 0 aliphatic carbocycles. The second-order valence-electron chi connectivity index (χ2n) is 3.98. The Morgan fingerprint density at radius 2 is 2.12 bits per heavy atom. The lowest BCUT2D eigenvalue weighted by atomic mass is 10.1. The first-order valence-corrected chi connectivity index (χ1v) is 6.16. The second-order valence-corrected chi connectivity index (χ2v) is 4.43. The number of rotatable bonds is 5. The van der Waals surface area contributed by atoms with Crippen molar-refractivity contribution in [1.29, 1.82) is 0 Å². The van der Waals surface area contributed by atoms with E-state index in [4.69, 9.17) is 4.74 Å². The lowest BCUT2D eigenvalue weighted by Crippen LogP contribution is -2.29. The number of halogens is 3. The fourth-order valence-electron chi connectivity index (χ4n) is 1.73. The van der Waals surface area contributed by atoms with Gasteiger partial charge in [-0.15, -0.1) is 0 Å². The van der Waals surface area contributed by atoms with Gasteiger partial charge in [0.25, 0.3) is 0 Å². The Kier molecular flexibility index (Phi) is 5.58. The quantitative estimate of drug-likeness (QED) is 0.750. The monoisotopic (exact) mass is 271 g/mol. The smallest absolute Gasteiger partial charge is 0.366 e. The number of hydrogen-bond acceptors (Lipinski definition) is 3. The van der Waals surface area contributed by atoms with Crippen LogP contribution in [-0.2, 0) is 9.53 Å². The first kappa shape index (κ1) is 14.6. The van der Waals surface area contributed by atoms with E-state index in [1.54, 1.807) is 0 Å². The van der Waals surface area contributed by atoms with Gasteiger partial charge >= 0.3 is 6.18 Å². The second kappa shape index (κ2) is 6.49. The summed E-state index contributed by atoms with van der Waals surface area (Å²) in [5.41, 5.74) is 0. The maximum atomic E-state index is 12.3. The van der Waals surface area contributed by atoms with Crippen LogP contribution in [0.25, 0.3) is 0 Å². The molecule has 1 N–H and O–H groups in total. The van der Waals surface area contributed by atoms with Crippen molar-refractivity contribution in [2.24, 2.45) is 0 Å². The summed E-state index contributed by atoms with van der Waals surface area (Å²) in [6.45, 7) is 0.471. The number of ether oxygens (including phenoxy) is 1. The summed E-state index contributed by atoms with van der Waals surface area (Å²) >= 11 is 3.93. The summed E-state index contributed by atoms with van der Waals surface area (Å²) in [5.74, 6) is 0.375. The molecule has 1 saturated heterocycles. The van der Waals surface area contributed by atoms with Crippen LogP contribution in [-0.4, -0.2) is 36.6 Å². The highest BCUT2D eigenvalue weighted by atomic mass is 32.1. The molecule has 0 unspecified atom stereocenters. The van der Waals surface area contributed by atoms with Gasteiger partial charge in [-0.25, -0.2) is 0 Å². The lowest BCUT2D eigenvalue weighted by molar-refractivity contribution is -0.215. The first-order chi connectivity index (χ1) is 7.93. The van der Waals surface area contributed by atoms with Gasteiger partial charge in [0.2, 0.25) is 5.91 Å². The average molecular weight is 271 g/mol. The van der Waals surface area contributed by atoms with Gasteiger partial charge in [0, 0.05) is 18.7 Å². The number of amides is 1. The largest absolute Gasteiger partial charge is 0.414 e. The maximum Gasteiger partial charge on any atom is 0.414 e. The number of thiol groups is 1. The minimum absolute atomic E-state index is 0.00751. The molecule has 1 heterocycles. The summed E-state index contributed by atoms with van der Waals surface area (Å²) in [6, 6.07) is 0. The van der Waals surface area contributed by atoms with Gasteiger partial charge in [0.15, 0.2) is 6.10 Å². The summed E-state index contributed by atoms with van der Waals surface area (Å²) in [6.07, 6.45) is -5.51. The van der Waals surface area contributed by atoms with Crippen molar-refractivity contribution >= 4 is 18.5 Å². The van der Waals surface area contributed by atoms with Crippen LogP contribution in [0.1, 0.15) is 25.7 Å². The van der Waals surface area contributed by atoms with E-state index in [0.717, 1.165) is 0 Å². The summed E-state index contributed by atoms with van der Waals surface area (Å²) in [5, 5.41) is 2.60. The molecule has 0 bridgehead atoms. The van der Waals surface area contributed by atoms with E-state index in [2.05, 4.69) is 17.9 Å². The highest BCUT2D eigenvalue weighted by Gasteiger charge is 2.45. The Hall–Kier alpha value is -0.430. The molecule has 1 aliphatic rings. The van der Waals surface area contributed by atoms with Crippen LogP contribution >= 0.6 is 12.6 Å². The number of hydrogen-bond donors (Lipinski definition) is 2. The first-order valence-electron chi connectivity index (χ1n) is 5.53. The minimum Gasteiger partial charge on any atom is -0.366 e. The summed E-state index contributed by atoms with van der Waals surface area (Å²) in [4.78, 5) is 11.2. The summed E-state index contributed by atoms with van der Waals surface area (Å²) in [7, 11) is 0. The van der Waals surface area contributed by atoms with E-state index in [9.17, 15) is 18.0 Å². The van der Waals surface area contributed by atoms with Crippen LogP contribution in [0, 0.1) is 0 Å². The van der Waals surface area contributed by atoms with Gasteiger partial charge in [-0.3, -0.25) is 4.79 Å². The third-order valence-corrected chi connectivity index (χ3v) is 2.82. The molecule has 1 amide bonds. The highest BCUT2D eigenvalue weighted by Crippen LogP contribution is 2.34. The van der Waals surface area contributed by atoms with E-state index >= 15 is 0 Å². The molecule has 0 aromatic rings. The molecule has 0 spiro atoms. The Morgan fingerprint density at radius 3 is 2.65 bits per heavy atom. The number of carbonyl (C=O) groups is 1. The van der Waals surface area contributed by atoms with E-state index in [0.29, 0.717) is 25.1 Å². The van der Waals surface area contributed by atoms with Crippen molar-refractivity contribution in [3.63, 3.8) is 0 Å². The van der Waals surface area contributed by atoms with Gasteiger partial charge in [0.05, 0.1) is 6.10 Å². The fraction of sp³-hybridized carbons (Fsp3) is 0.900. The standard InChI is InChI=1S/C10H16F3NO2S/c11-10(12,13)8-3-1-7(16-8)2-4-9(15)14-5-6-17/h7-8,17H,1-6H2,(H,14,15)/t7-,8+/m0/s1.